The summed E-state index contributed by atoms with van der Waals surface area (Å²) in [5, 5.41) is 0. The topological polar surface area (TPSA) is 46.3 Å². The van der Waals surface area contributed by atoms with Crippen LogP contribution in [0.3, 0.4) is 0 Å². The smallest absolute Gasteiger partial charge is 0.164 e. The number of carbonyl (C=O) groups excluding carboxylic acids is 1. The molecule has 2 aromatic rings. The molecule has 0 bridgehead atoms. The van der Waals surface area contributed by atoms with E-state index in [9.17, 15) is 4.79 Å². The van der Waals surface area contributed by atoms with Gasteiger partial charge in [0.1, 0.15) is 0 Å². The molecule has 0 spiro atoms. The van der Waals surface area contributed by atoms with Gasteiger partial charge in [-0.2, -0.15) is 0 Å². The van der Waals surface area contributed by atoms with Crippen LogP contribution in [0.5, 0.6) is 0 Å². The monoisotopic (exact) mass is 268 g/mol. The molecule has 20 heavy (non-hydrogen) atoms. The summed E-state index contributed by atoms with van der Waals surface area (Å²) in [6.45, 7) is 1.59. The predicted octanol–water partition coefficient (Wildman–Crippen LogP) is 2.97. The molecule has 3 heteroatoms. The Hall–Kier alpha value is -2.13. The summed E-state index contributed by atoms with van der Waals surface area (Å²) >= 11 is 0. The maximum atomic E-state index is 12.1. The van der Waals surface area contributed by atoms with Crippen LogP contribution in [0.2, 0.25) is 0 Å². The Bertz CT molecular complexity index is 566. The van der Waals surface area contributed by atoms with Gasteiger partial charge in [0.2, 0.25) is 0 Å². The molecule has 0 amide bonds. The molecule has 2 rings (SSSR count). The number of benzene rings is 2. The van der Waals surface area contributed by atoms with E-state index in [0.717, 1.165) is 13.1 Å². The number of ketones is 1. The minimum absolute atomic E-state index is 0.136. The van der Waals surface area contributed by atoms with Crippen molar-refractivity contribution in [2.75, 3.05) is 19.3 Å². The number of hydrogen-bond acceptors (Lipinski definition) is 3. The molecule has 0 aliphatic rings. The first-order valence-corrected chi connectivity index (χ1v) is 6.76. The highest BCUT2D eigenvalue weighted by Crippen LogP contribution is 2.10. The lowest BCUT2D eigenvalue weighted by molar-refractivity contribution is 0.0968. The van der Waals surface area contributed by atoms with Gasteiger partial charge in [-0.05, 0) is 24.7 Å². The summed E-state index contributed by atoms with van der Waals surface area (Å²) in [5.41, 5.74) is 8.27. The van der Waals surface area contributed by atoms with Crippen LogP contribution >= 0.6 is 0 Å². The Morgan fingerprint density at radius 1 is 1.10 bits per heavy atom. The van der Waals surface area contributed by atoms with E-state index >= 15 is 0 Å². The number of nitrogens with zero attached hydrogens (tertiary/aromatic N) is 1. The van der Waals surface area contributed by atoms with Gasteiger partial charge in [-0.1, -0.05) is 42.5 Å². The number of rotatable bonds is 6. The second-order valence-electron chi connectivity index (χ2n) is 5.02. The van der Waals surface area contributed by atoms with Crippen molar-refractivity contribution in [2.24, 2.45) is 0 Å². The molecule has 0 saturated carbocycles. The number of Topliss-reactive ketones (excluding diaryl/α,β-unsaturated/α-hetero) is 1. The molecular weight excluding hydrogens is 248 g/mol. The van der Waals surface area contributed by atoms with Crippen LogP contribution in [-0.4, -0.2) is 24.3 Å². The van der Waals surface area contributed by atoms with Crippen LogP contribution in [0.4, 0.5) is 5.69 Å². The highest BCUT2D eigenvalue weighted by molar-refractivity contribution is 5.96. The van der Waals surface area contributed by atoms with E-state index in [4.69, 9.17) is 5.73 Å². The lowest BCUT2D eigenvalue weighted by atomic mass is 10.1. The molecule has 0 aromatic heterocycles. The lowest BCUT2D eigenvalue weighted by Gasteiger charge is -2.16. The van der Waals surface area contributed by atoms with Crippen LogP contribution < -0.4 is 5.73 Å². The summed E-state index contributed by atoms with van der Waals surface area (Å²) in [4.78, 5) is 14.2. The first-order chi connectivity index (χ1) is 9.65. The molecule has 0 radical (unpaired) electrons. The summed E-state index contributed by atoms with van der Waals surface area (Å²) < 4.78 is 0. The molecule has 0 heterocycles. The Morgan fingerprint density at radius 3 is 2.55 bits per heavy atom. The van der Waals surface area contributed by atoms with E-state index in [1.807, 2.05) is 37.4 Å². The van der Waals surface area contributed by atoms with E-state index < -0.39 is 0 Å². The summed E-state index contributed by atoms with van der Waals surface area (Å²) in [6.07, 6.45) is 0.507. The number of carbonyl (C=O) groups is 1. The highest BCUT2D eigenvalue weighted by Gasteiger charge is 2.08. The molecule has 0 atom stereocenters. The second-order valence-corrected chi connectivity index (χ2v) is 5.02. The van der Waals surface area contributed by atoms with Crippen LogP contribution in [-0.2, 0) is 6.54 Å². The summed E-state index contributed by atoms with van der Waals surface area (Å²) in [6, 6.07) is 17.4. The van der Waals surface area contributed by atoms with E-state index in [2.05, 4.69) is 17.0 Å². The van der Waals surface area contributed by atoms with E-state index in [0.29, 0.717) is 17.7 Å². The van der Waals surface area contributed by atoms with Gasteiger partial charge < -0.3 is 10.6 Å². The predicted molar refractivity (Wildman–Crippen MR) is 82.6 cm³/mol. The first kappa shape index (κ1) is 14.3. The molecule has 0 unspecified atom stereocenters. The third-order valence-corrected chi connectivity index (χ3v) is 3.22. The molecule has 0 aliphatic heterocycles. The second kappa shape index (κ2) is 6.87. The molecule has 3 nitrogen and oxygen atoms in total. The van der Waals surface area contributed by atoms with Crippen molar-refractivity contribution in [1.29, 1.82) is 0 Å². The average Bonchev–Trinajstić information content (AvgIpc) is 2.46. The fraction of sp³-hybridized carbons (Fsp3) is 0.235. The minimum atomic E-state index is 0.136. The zero-order valence-corrected chi connectivity index (χ0v) is 11.8. The van der Waals surface area contributed by atoms with Crippen molar-refractivity contribution < 1.29 is 4.79 Å². The normalized spacial score (nSPS) is 10.7. The quantitative estimate of drug-likeness (QED) is 0.647. The van der Waals surface area contributed by atoms with Crippen molar-refractivity contribution in [3.8, 4) is 0 Å². The molecule has 0 fully saturated rings. The Balaban J connectivity index is 1.84. The molecule has 104 valence electrons. The summed E-state index contributed by atoms with van der Waals surface area (Å²) in [7, 11) is 2.03. The standard InChI is InChI=1S/C17H20N2O/c1-19(13-14-6-3-2-4-7-14)11-10-17(20)15-8-5-9-16(18)12-15/h2-9,12H,10-11,13,18H2,1H3. The van der Waals surface area contributed by atoms with Crippen molar-refractivity contribution in [1.82, 2.24) is 4.90 Å². The van der Waals surface area contributed by atoms with Crippen molar-refractivity contribution in [2.45, 2.75) is 13.0 Å². The van der Waals surface area contributed by atoms with Crippen molar-refractivity contribution in [3.63, 3.8) is 0 Å². The van der Waals surface area contributed by atoms with E-state index in [1.54, 1.807) is 12.1 Å². The average molecular weight is 268 g/mol. The first-order valence-electron chi connectivity index (χ1n) is 6.76. The number of anilines is 1. The van der Waals surface area contributed by atoms with Gasteiger partial charge in [0.25, 0.3) is 0 Å². The van der Waals surface area contributed by atoms with Crippen molar-refractivity contribution >= 4 is 11.5 Å². The fourth-order valence-corrected chi connectivity index (χ4v) is 2.12. The lowest BCUT2D eigenvalue weighted by Crippen LogP contribution is -2.21. The largest absolute Gasteiger partial charge is 0.399 e. The van der Waals surface area contributed by atoms with Gasteiger partial charge in [-0.3, -0.25) is 4.79 Å². The van der Waals surface area contributed by atoms with Crippen LogP contribution in [0.25, 0.3) is 0 Å². The molecule has 2 N–H and O–H groups in total. The zero-order valence-electron chi connectivity index (χ0n) is 11.8. The van der Waals surface area contributed by atoms with Crippen molar-refractivity contribution in [3.05, 3.63) is 65.7 Å². The van der Waals surface area contributed by atoms with E-state index in [1.165, 1.54) is 5.56 Å². The Labute approximate surface area is 120 Å². The third kappa shape index (κ3) is 4.21. The van der Waals surface area contributed by atoms with Crippen LogP contribution in [0, 0.1) is 0 Å². The number of hydrogen-bond donors (Lipinski definition) is 1. The SMILES string of the molecule is CN(CCC(=O)c1cccc(N)c1)Cc1ccccc1. The molecule has 0 saturated heterocycles. The van der Waals surface area contributed by atoms with Gasteiger partial charge in [0, 0.05) is 30.8 Å². The third-order valence-electron chi connectivity index (χ3n) is 3.22. The van der Waals surface area contributed by atoms with Gasteiger partial charge >= 0.3 is 0 Å². The molecule has 2 aromatic carbocycles. The number of nitrogen functional groups attached to an aromatic ring is 1. The molecule has 0 aliphatic carbocycles. The Morgan fingerprint density at radius 2 is 1.85 bits per heavy atom. The van der Waals surface area contributed by atoms with Gasteiger partial charge in [0.15, 0.2) is 5.78 Å². The van der Waals surface area contributed by atoms with Gasteiger partial charge in [-0.15, -0.1) is 0 Å². The maximum Gasteiger partial charge on any atom is 0.164 e. The molecular formula is C17H20N2O. The summed E-state index contributed by atoms with van der Waals surface area (Å²) in [5.74, 6) is 0.136. The maximum absolute atomic E-state index is 12.1. The minimum Gasteiger partial charge on any atom is -0.399 e. The number of nitrogens with two attached hydrogens (primary N) is 1. The van der Waals surface area contributed by atoms with Crippen LogP contribution in [0.15, 0.2) is 54.6 Å². The Kier molecular flexibility index (Phi) is 4.91. The van der Waals surface area contributed by atoms with Gasteiger partial charge in [-0.25, -0.2) is 0 Å². The van der Waals surface area contributed by atoms with Gasteiger partial charge in [0.05, 0.1) is 0 Å². The van der Waals surface area contributed by atoms with E-state index in [-0.39, 0.29) is 5.78 Å². The fourth-order valence-electron chi connectivity index (χ4n) is 2.12. The van der Waals surface area contributed by atoms with Crippen LogP contribution in [0.1, 0.15) is 22.3 Å². The highest BCUT2D eigenvalue weighted by atomic mass is 16.1. The zero-order chi connectivity index (χ0) is 14.4.